The van der Waals surface area contributed by atoms with Crippen LogP contribution in [0, 0.1) is 0 Å². The highest BCUT2D eigenvalue weighted by molar-refractivity contribution is 5.44. The number of ether oxygens (including phenoxy) is 2. The van der Waals surface area contributed by atoms with Crippen LogP contribution >= 0.6 is 0 Å². The van der Waals surface area contributed by atoms with Gasteiger partial charge in [-0.1, -0.05) is 12.1 Å². The van der Waals surface area contributed by atoms with Crippen LogP contribution in [0.4, 0.5) is 0 Å². The van der Waals surface area contributed by atoms with E-state index in [4.69, 9.17) is 9.47 Å². The molecule has 14 heavy (non-hydrogen) atoms. The van der Waals surface area contributed by atoms with E-state index < -0.39 is 0 Å². The molecule has 1 N–H and O–H groups in total. The normalized spacial score (nSPS) is 19.4. The van der Waals surface area contributed by atoms with Gasteiger partial charge in [0.15, 0.2) is 6.79 Å². The monoisotopic (exact) mass is 194 g/mol. The minimum atomic E-state index is -0.377. The number of fused-ring (bicyclic) bond motifs is 1. The smallest absolute Gasteiger partial charge is 0.188 e. The maximum atomic E-state index is 9.74. The quantitative estimate of drug-likeness (QED) is 0.743. The number of hydrogen-bond donors (Lipinski definition) is 1. The molecule has 0 bridgehead atoms. The minimum Gasteiger partial charge on any atom is -0.467 e. The van der Waals surface area contributed by atoms with E-state index in [-0.39, 0.29) is 12.9 Å². The van der Waals surface area contributed by atoms with E-state index in [1.165, 1.54) is 5.56 Å². The zero-order valence-electron chi connectivity index (χ0n) is 8.19. The third-order valence-electron chi connectivity index (χ3n) is 2.51. The van der Waals surface area contributed by atoms with Crippen LogP contribution in [0.15, 0.2) is 18.2 Å². The standard InChI is InChI=1S/C11H14O3/c1-13-7-14-10-4-2-3-8-5-6-9(12)11(8)10/h2-4,9,12H,5-7H2,1H3/t9-/m0/s1. The zero-order valence-corrected chi connectivity index (χ0v) is 8.19. The third-order valence-corrected chi connectivity index (χ3v) is 2.51. The molecule has 0 fully saturated rings. The summed E-state index contributed by atoms with van der Waals surface area (Å²) in [6.07, 6.45) is 1.35. The van der Waals surface area contributed by atoms with Crippen LogP contribution < -0.4 is 4.74 Å². The van der Waals surface area contributed by atoms with Gasteiger partial charge in [-0.25, -0.2) is 0 Å². The number of aliphatic hydroxyl groups excluding tert-OH is 1. The lowest BCUT2D eigenvalue weighted by Crippen LogP contribution is -2.03. The van der Waals surface area contributed by atoms with Crippen molar-refractivity contribution in [3.63, 3.8) is 0 Å². The number of aliphatic hydroxyl groups is 1. The highest BCUT2D eigenvalue weighted by atomic mass is 16.7. The summed E-state index contributed by atoms with van der Waals surface area (Å²) in [5.74, 6) is 0.745. The van der Waals surface area contributed by atoms with E-state index in [1.807, 2.05) is 18.2 Å². The maximum absolute atomic E-state index is 9.74. The van der Waals surface area contributed by atoms with Gasteiger partial charge in [-0.15, -0.1) is 0 Å². The largest absolute Gasteiger partial charge is 0.467 e. The molecule has 0 amide bonds. The van der Waals surface area contributed by atoms with Crippen molar-refractivity contribution in [1.82, 2.24) is 0 Å². The second-order valence-electron chi connectivity index (χ2n) is 3.43. The van der Waals surface area contributed by atoms with Crippen molar-refractivity contribution in [3.05, 3.63) is 29.3 Å². The van der Waals surface area contributed by atoms with Gasteiger partial charge in [0.25, 0.3) is 0 Å². The summed E-state index contributed by atoms with van der Waals surface area (Å²) < 4.78 is 10.2. The zero-order chi connectivity index (χ0) is 9.97. The SMILES string of the molecule is COCOc1cccc2c1[C@@H](O)CC2. The van der Waals surface area contributed by atoms with Crippen LogP contribution in [0.3, 0.4) is 0 Å². The van der Waals surface area contributed by atoms with E-state index in [9.17, 15) is 5.11 Å². The molecule has 0 spiro atoms. The lowest BCUT2D eigenvalue weighted by molar-refractivity contribution is 0.0483. The molecule has 1 aromatic rings. The Balaban J connectivity index is 2.27. The molecular formula is C11H14O3. The van der Waals surface area contributed by atoms with Crippen molar-refractivity contribution in [2.45, 2.75) is 18.9 Å². The van der Waals surface area contributed by atoms with Gasteiger partial charge in [0.2, 0.25) is 0 Å². The molecule has 0 saturated heterocycles. The average molecular weight is 194 g/mol. The summed E-state index contributed by atoms with van der Waals surface area (Å²) in [7, 11) is 1.58. The fourth-order valence-electron chi connectivity index (χ4n) is 1.87. The lowest BCUT2D eigenvalue weighted by Gasteiger charge is -2.11. The Morgan fingerprint density at radius 3 is 3.14 bits per heavy atom. The maximum Gasteiger partial charge on any atom is 0.188 e. The van der Waals surface area contributed by atoms with Gasteiger partial charge in [-0.05, 0) is 24.5 Å². The van der Waals surface area contributed by atoms with Gasteiger partial charge in [0.1, 0.15) is 5.75 Å². The van der Waals surface area contributed by atoms with E-state index in [2.05, 4.69) is 0 Å². The fourth-order valence-corrected chi connectivity index (χ4v) is 1.87. The van der Waals surface area contributed by atoms with Crippen LogP contribution in [0.2, 0.25) is 0 Å². The van der Waals surface area contributed by atoms with Gasteiger partial charge in [-0.3, -0.25) is 0 Å². The number of benzene rings is 1. The molecule has 3 heteroatoms. The Labute approximate surface area is 83.3 Å². The Hall–Kier alpha value is -1.06. The van der Waals surface area contributed by atoms with Crippen molar-refractivity contribution in [2.75, 3.05) is 13.9 Å². The highest BCUT2D eigenvalue weighted by Crippen LogP contribution is 2.37. The molecule has 0 aromatic heterocycles. The van der Waals surface area contributed by atoms with Crippen LogP contribution in [0.5, 0.6) is 5.75 Å². The van der Waals surface area contributed by atoms with Gasteiger partial charge in [0, 0.05) is 12.7 Å². The minimum absolute atomic E-state index is 0.225. The van der Waals surface area contributed by atoms with Crippen molar-refractivity contribution in [2.24, 2.45) is 0 Å². The number of aryl methyl sites for hydroxylation is 1. The van der Waals surface area contributed by atoms with Crippen molar-refractivity contribution in [1.29, 1.82) is 0 Å². The molecule has 0 saturated carbocycles. The molecule has 0 aliphatic heterocycles. The predicted octanol–water partition coefficient (Wildman–Crippen LogP) is 1.65. The van der Waals surface area contributed by atoms with Crippen molar-refractivity contribution < 1.29 is 14.6 Å². The lowest BCUT2D eigenvalue weighted by atomic mass is 10.1. The Kier molecular flexibility index (Phi) is 2.70. The van der Waals surface area contributed by atoms with E-state index in [1.54, 1.807) is 7.11 Å². The van der Waals surface area contributed by atoms with Crippen LogP contribution in [0.1, 0.15) is 23.7 Å². The average Bonchev–Trinajstić information content (AvgIpc) is 2.58. The molecule has 2 rings (SSSR count). The molecule has 1 aliphatic carbocycles. The second-order valence-corrected chi connectivity index (χ2v) is 3.43. The first-order valence-electron chi connectivity index (χ1n) is 4.74. The number of methoxy groups -OCH3 is 1. The molecule has 0 radical (unpaired) electrons. The molecule has 1 atom stereocenters. The summed E-state index contributed by atoms with van der Waals surface area (Å²) in [5, 5.41) is 9.74. The van der Waals surface area contributed by atoms with E-state index in [0.29, 0.717) is 0 Å². The summed E-state index contributed by atoms with van der Waals surface area (Å²) >= 11 is 0. The first kappa shape index (κ1) is 9.49. The van der Waals surface area contributed by atoms with Crippen molar-refractivity contribution in [3.8, 4) is 5.75 Å². The van der Waals surface area contributed by atoms with Gasteiger partial charge < -0.3 is 14.6 Å². The Bertz CT molecular complexity index is 322. The van der Waals surface area contributed by atoms with Gasteiger partial charge in [-0.2, -0.15) is 0 Å². The second kappa shape index (κ2) is 3.98. The van der Waals surface area contributed by atoms with Gasteiger partial charge in [0.05, 0.1) is 6.10 Å². The van der Waals surface area contributed by atoms with Gasteiger partial charge >= 0.3 is 0 Å². The predicted molar refractivity (Wildman–Crippen MR) is 52.2 cm³/mol. The topological polar surface area (TPSA) is 38.7 Å². The highest BCUT2D eigenvalue weighted by Gasteiger charge is 2.23. The summed E-state index contributed by atoms with van der Waals surface area (Å²) in [5.41, 5.74) is 2.12. The molecule has 0 heterocycles. The van der Waals surface area contributed by atoms with Crippen molar-refractivity contribution >= 4 is 0 Å². The fraction of sp³-hybridized carbons (Fsp3) is 0.455. The van der Waals surface area contributed by atoms with E-state index >= 15 is 0 Å². The first-order valence-corrected chi connectivity index (χ1v) is 4.74. The molecule has 76 valence electrons. The van der Waals surface area contributed by atoms with Crippen LogP contribution in [0.25, 0.3) is 0 Å². The Morgan fingerprint density at radius 2 is 2.36 bits per heavy atom. The molecule has 0 unspecified atom stereocenters. The summed E-state index contributed by atoms with van der Waals surface area (Å²) in [6, 6.07) is 5.85. The molecule has 1 aliphatic rings. The van der Waals surface area contributed by atoms with Crippen LogP contribution in [-0.2, 0) is 11.2 Å². The summed E-state index contributed by atoms with van der Waals surface area (Å²) in [6.45, 7) is 0.225. The van der Waals surface area contributed by atoms with E-state index in [0.717, 1.165) is 24.2 Å². The molecule has 1 aromatic carbocycles. The van der Waals surface area contributed by atoms with Crippen LogP contribution in [-0.4, -0.2) is 19.0 Å². The Morgan fingerprint density at radius 1 is 1.50 bits per heavy atom. The first-order chi connectivity index (χ1) is 6.83. The summed E-state index contributed by atoms with van der Waals surface area (Å²) in [4.78, 5) is 0. The third kappa shape index (κ3) is 1.61. The number of hydrogen-bond acceptors (Lipinski definition) is 3. The number of rotatable bonds is 3. The molecular weight excluding hydrogens is 180 g/mol. The molecule has 3 nitrogen and oxygen atoms in total.